The number of nitrogen functional groups attached to an aromatic ring is 1. The Balaban J connectivity index is 2.37. The molecule has 2 N–H and O–H groups in total. The molecule has 0 aromatic heterocycles. The monoisotopic (exact) mass is 400 g/mol. The molecule has 0 saturated carbocycles. The van der Waals surface area contributed by atoms with Crippen molar-refractivity contribution in [3.05, 3.63) is 56.7 Å². The van der Waals surface area contributed by atoms with E-state index in [0.717, 1.165) is 4.47 Å². The Morgan fingerprint density at radius 2 is 1.85 bits per heavy atom. The van der Waals surface area contributed by atoms with Gasteiger partial charge in [-0.15, -0.1) is 0 Å². The third kappa shape index (κ3) is 3.19. The van der Waals surface area contributed by atoms with Crippen LogP contribution in [0.15, 0.2) is 45.3 Å². The maximum Gasteiger partial charge on any atom is 0.258 e. The number of amides is 1. The standard InChI is InChI=1S/C14H11Br2FN2O/c1-19(13-3-2-9(15)7-12(13)18)14(20)8-4-10(16)6-11(17)5-8/h2-7H,18H2,1H3. The fraction of sp³-hybridized carbons (Fsp3) is 0.0714. The van der Waals surface area contributed by atoms with Gasteiger partial charge in [0.1, 0.15) is 5.82 Å². The fourth-order valence-corrected chi connectivity index (χ4v) is 2.66. The minimum atomic E-state index is -0.472. The third-order valence-corrected chi connectivity index (χ3v) is 3.72. The Labute approximate surface area is 132 Å². The molecule has 0 radical (unpaired) electrons. The van der Waals surface area contributed by atoms with Crippen LogP contribution in [0.25, 0.3) is 0 Å². The van der Waals surface area contributed by atoms with Crippen LogP contribution in [0.5, 0.6) is 0 Å². The van der Waals surface area contributed by atoms with Gasteiger partial charge in [-0.3, -0.25) is 4.79 Å². The van der Waals surface area contributed by atoms with Crippen molar-refractivity contribution in [2.45, 2.75) is 0 Å². The molecule has 2 aromatic rings. The van der Waals surface area contributed by atoms with E-state index in [9.17, 15) is 9.18 Å². The van der Waals surface area contributed by atoms with Gasteiger partial charge < -0.3 is 10.6 Å². The van der Waals surface area contributed by atoms with Crippen LogP contribution in [0.1, 0.15) is 10.4 Å². The maximum absolute atomic E-state index is 13.4. The predicted octanol–water partition coefficient (Wildman–Crippen LogP) is 4.21. The van der Waals surface area contributed by atoms with Crippen LogP contribution in [-0.2, 0) is 0 Å². The molecule has 3 nitrogen and oxygen atoms in total. The Morgan fingerprint density at radius 1 is 1.15 bits per heavy atom. The van der Waals surface area contributed by atoms with Crippen LogP contribution in [0, 0.1) is 5.82 Å². The van der Waals surface area contributed by atoms with Crippen molar-refractivity contribution in [2.24, 2.45) is 0 Å². The molecule has 0 unspecified atom stereocenters. The summed E-state index contributed by atoms with van der Waals surface area (Å²) in [6.07, 6.45) is 0. The summed E-state index contributed by atoms with van der Waals surface area (Å²) in [5.74, 6) is -0.806. The number of anilines is 2. The second-order valence-corrected chi connectivity index (χ2v) is 6.06. The molecule has 2 rings (SSSR count). The van der Waals surface area contributed by atoms with Crippen molar-refractivity contribution in [2.75, 3.05) is 17.7 Å². The zero-order chi connectivity index (χ0) is 14.9. The van der Waals surface area contributed by atoms with E-state index in [-0.39, 0.29) is 11.5 Å². The number of carbonyl (C=O) groups is 1. The molecular formula is C14H11Br2FN2O. The van der Waals surface area contributed by atoms with Gasteiger partial charge in [-0.1, -0.05) is 31.9 Å². The van der Waals surface area contributed by atoms with Crippen LogP contribution in [0.2, 0.25) is 0 Å². The lowest BCUT2D eigenvalue weighted by Gasteiger charge is -2.19. The molecule has 1 amide bonds. The highest BCUT2D eigenvalue weighted by molar-refractivity contribution is 9.10. The summed E-state index contributed by atoms with van der Waals surface area (Å²) in [7, 11) is 1.60. The number of nitrogens with two attached hydrogens (primary N) is 1. The molecule has 0 atom stereocenters. The number of halogens is 3. The van der Waals surface area contributed by atoms with E-state index in [1.165, 1.54) is 17.0 Å². The first-order valence-corrected chi connectivity index (χ1v) is 7.26. The third-order valence-electron chi connectivity index (χ3n) is 2.77. The summed E-state index contributed by atoms with van der Waals surface area (Å²) in [4.78, 5) is 13.7. The molecule has 20 heavy (non-hydrogen) atoms. The molecular weight excluding hydrogens is 391 g/mol. The minimum Gasteiger partial charge on any atom is -0.397 e. The van der Waals surface area contributed by atoms with Crippen LogP contribution in [-0.4, -0.2) is 13.0 Å². The quantitative estimate of drug-likeness (QED) is 0.766. The van der Waals surface area contributed by atoms with Gasteiger partial charge in [-0.2, -0.15) is 0 Å². The molecule has 0 spiro atoms. The number of carbonyl (C=O) groups excluding carboxylic acids is 1. The van der Waals surface area contributed by atoms with Crippen molar-refractivity contribution in [1.82, 2.24) is 0 Å². The van der Waals surface area contributed by atoms with Crippen molar-refractivity contribution in [1.29, 1.82) is 0 Å². The number of hydrogen-bond acceptors (Lipinski definition) is 2. The average molecular weight is 402 g/mol. The summed E-state index contributed by atoms with van der Waals surface area (Å²) >= 11 is 6.48. The normalized spacial score (nSPS) is 10.4. The molecule has 0 saturated heterocycles. The Hall–Kier alpha value is -1.40. The van der Waals surface area contributed by atoms with E-state index in [4.69, 9.17) is 5.73 Å². The van der Waals surface area contributed by atoms with E-state index >= 15 is 0 Å². The first kappa shape index (κ1) is 15.0. The summed E-state index contributed by atoms with van der Waals surface area (Å²) in [6.45, 7) is 0. The van der Waals surface area contributed by atoms with Crippen molar-refractivity contribution >= 4 is 49.1 Å². The summed E-state index contributed by atoms with van der Waals surface area (Å²) in [5, 5.41) is 0. The lowest BCUT2D eigenvalue weighted by atomic mass is 10.1. The largest absolute Gasteiger partial charge is 0.397 e. The molecule has 0 aliphatic carbocycles. The first-order valence-electron chi connectivity index (χ1n) is 5.67. The lowest BCUT2D eigenvalue weighted by molar-refractivity contribution is 0.0992. The SMILES string of the molecule is CN(C(=O)c1cc(F)cc(Br)c1)c1ccc(Br)cc1N. The molecule has 2 aromatic carbocycles. The summed E-state index contributed by atoms with van der Waals surface area (Å²) < 4.78 is 14.7. The zero-order valence-corrected chi connectivity index (χ0v) is 13.7. The van der Waals surface area contributed by atoms with Gasteiger partial charge in [0.2, 0.25) is 0 Å². The first-order chi connectivity index (χ1) is 9.38. The molecule has 6 heteroatoms. The van der Waals surface area contributed by atoms with Gasteiger partial charge in [0.15, 0.2) is 0 Å². The van der Waals surface area contributed by atoms with Gasteiger partial charge >= 0.3 is 0 Å². The minimum absolute atomic E-state index is 0.252. The van der Waals surface area contributed by atoms with Gasteiger partial charge in [0.05, 0.1) is 11.4 Å². The van der Waals surface area contributed by atoms with E-state index in [1.54, 1.807) is 31.3 Å². The fourth-order valence-electron chi connectivity index (χ4n) is 1.81. The van der Waals surface area contributed by atoms with E-state index in [0.29, 0.717) is 15.8 Å². The van der Waals surface area contributed by atoms with Crippen LogP contribution >= 0.6 is 31.9 Å². The van der Waals surface area contributed by atoms with E-state index in [1.807, 2.05) is 0 Å². The lowest BCUT2D eigenvalue weighted by Crippen LogP contribution is -2.27. The van der Waals surface area contributed by atoms with E-state index < -0.39 is 5.82 Å². The molecule has 0 bridgehead atoms. The molecule has 0 aliphatic rings. The second kappa shape index (κ2) is 5.93. The molecule has 0 aliphatic heterocycles. The Kier molecular flexibility index (Phi) is 4.45. The Morgan fingerprint density at radius 3 is 2.45 bits per heavy atom. The molecule has 0 heterocycles. The number of hydrogen-bond donors (Lipinski definition) is 1. The number of benzene rings is 2. The number of nitrogens with zero attached hydrogens (tertiary/aromatic N) is 1. The van der Waals surface area contributed by atoms with Gasteiger partial charge in [-0.25, -0.2) is 4.39 Å². The number of rotatable bonds is 2. The molecule has 104 valence electrons. The van der Waals surface area contributed by atoms with E-state index in [2.05, 4.69) is 31.9 Å². The Bertz CT molecular complexity index is 656. The van der Waals surface area contributed by atoms with Gasteiger partial charge in [0.25, 0.3) is 5.91 Å². The highest BCUT2D eigenvalue weighted by Crippen LogP contribution is 2.27. The van der Waals surface area contributed by atoms with Crippen LogP contribution in [0.3, 0.4) is 0 Å². The smallest absolute Gasteiger partial charge is 0.258 e. The predicted molar refractivity (Wildman–Crippen MR) is 85.4 cm³/mol. The van der Waals surface area contributed by atoms with Crippen molar-refractivity contribution in [3.63, 3.8) is 0 Å². The van der Waals surface area contributed by atoms with Crippen LogP contribution in [0.4, 0.5) is 15.8 Å². The zero-order valence-electron chi connectivity index (χ0n) is 10.5. The van der Waals surface area contributed by atoms with Gasteiger partial charge in [0, 0.05) is 21.6 Å². The maximum atomic E-state index is 13.4. The topological polar surface area (TPSA) is 46.3 Å². The van der Waals surface area contributed by atoms with Crippen LogP contribution < -0.4 is 10.6 Å². The highest BCUT2D eigenvalue weighted by Gasteiger charge is 2.17. The average Bonchev–Trinajstić information content (AvgIpc) is 2.36. The summed E-state index contributed by atoms with van der Waals surface area (Å²) in [6, 6.07) is 9.28. The second-order valence-electron chi connectivity index (χ2n) is 4.23. The highest BCUT2D eigenvalue weighted by atomic mass is 79.9. The van der Waals surface area contributed by atoms with Gasteiger partial charge in [-0.05, 0) is 36.4 Å². The van der Waals surface area contributed by atoms with Crippen molar-refractivity contribution < 1.29 is 9.18 Å². The van der Waals surface area contributed by atoms with Crippen molar-refractivity contribution in [3.8, 4) is 0 Å². The molecule has 0 fully saturated rings. The summed E-state index contributed by atoms with van der Waals surface area (Å²) in [5.41, 5.74) is 7.17.